The minimum absolute atomic E-state index is 0.105. The molecule has 2 aromatic carbocycles. The largest absolute Gasteiger partial charge is 0.497 e. The first-order valence-electron chi connectivity index (χ1n) is 12.7. The summed E-state index contributed by atoms with van der Waals surface area (Å²) in [7, 11) is -1.97. The predicted molar refractivity (Wildman–Crippen MR) is 148 cm³/mol. The van der Waals surface area contributed by atoms with E-state index in [1.165, 1.54) is 10.6 Å². The van der Waals surface area contributed by atoms with E-state index < -0.39 is 16.1 Å². The third-order valence-electron chi connectivity index (χ3n) is 6.48. The zero-order chi connectivity index (χ0) is 27.6. The Morgan fingerprint density at radius 1 is 1.08 bits per heavy atom. The lowest BCUT2D eigenvalue weighted by Gasteiger charge is -2.30. The Morgan fingerprint density at radius 2 is 1.78 bits per heavy atom. The van der Waals surface area contributed by atoms with E-state index in [1.807, 2.05) is 57.2 Å². The fraction of sp³-hybridized carbons (Fsp3) is 0.500. The maximum atomic E-state index is 13.4. The molecular weight excluding hydrogens is 490 g/mol. The highest BCUT2D eigenvalue weighted by Crippen LogP contribution is 2.25. The third kappa shape index (κ3) is 8.77. The van der Waals surface area contributed by atoms with Gasteiger partial charge in [0.1, 0.15) is 11.8 Å². The minimum atomic E-state index is -3.54. The molecule has 2 amide bonds. The van der Waals surface area contributed by atoms with E-state index in [4.69, 9.17) is 4.74 Å². The molecule has 2 aromatic rings. The van der Waals surface area contributed by atoms with Gasteiger partial charge in [0.25, 0.3) is 0 Å². The van der Waals surface area contributed by atoms with Gasteiger partial charge in [0, 0.05) is 26.1 Å². The predicted octanol–water partition coefficient (Wildman–Crippen LogP) is 4.19. The maximum absolute atomic E-state index is 13.4. The number of anilines is 1. The number of hydrogen-bond acceptors (Lipinski definition) is 5. The molecule has 204 valence electrons. The molecule has 0 spiro atoms. The lowest BCUT2D eigenvalue weighted by molar-refractivity contribution is -0.140. The molecule has 1 N–H and O–H groups in total. The quantitative estimate of drug-likeness (QED) is 0.369. The summed E-state index contributed by atoms with van der Waals surface area (Å²) in [5.74, 6) is 0.246. The highest BCUT2D eigenvalue weighted by Gasteiger charge is 2.27. The number of hydrogen-bond donors (Lipinski definition) is 1. The fourth-order valence-corrected chi connectivity index (χ4v) is 5.09. The van der Waals surface area contributed by atoms with E-state index in [1.54, 1.807) is 25.0 Å². The van der Waals surface area contributed by atoms with Gasteiger partial charge in [-0.1, -0.05) is 37.6 Å². The Hall–Kier alpha value is -3.07. The normalized spacial score (nSPS) is 12.1. The molecule has 0 aliphatic heterocycles. The Kier molecular flexibility index (Phi) is 11.4. The lowest BCUT2D eigenvalue weighted by atomic mass is 10.1. The summed E-state index contributed by atoms with van der Waals surface area (Å²) in [6.07, 6.45) is 3.42. The van der Waals surface area contributed by atoms with Crippen LogP contribution in [-0.2, 0) is 26.2 Å². The summed E-state index contributed by atoms with van der Waals surface area (Å²) in [5.41, 5.74) is 3.34. The van der Waals surface area contributed by atoms with E-state index >= 15 is 0 Å². The van der Waals surface area contributed by atoms with E-state index in [9.17, 15) is 18.0 Å². The monoisotopic (exact) mass is 531 g/mol. The minimum Gasteiger partial charge on any atom is -0.497 e. The number of methoxy groups -OCH3 is 1. The Labute approximate surface area is 222 Å². The van der Waals surface area contributed by atoms with Gasteiger partial charge in [0.2, 0.25) is 21.8 Å². The zero-order valence-corrected chi connectivity index (χ0v) is 23.7. The summed E-state index contributed by atoms with van der Waals surface area (Å²) in [6, 6.07) is 12.3. The van der Waals surface area contributed by atoms with Crippen LogP contribution in [0.1, 0.15) is 56.2 Å². The van der Waals surface area contributed by atoms with Crippen LogP contribution in [-0.4, -0.2) is 57.6 Å². The van der Waals surface area contributed by atoms with Crippen LogP contribution in [0.4, 0.5) is 5.69 Å². The van der Waals surface area contributed by atoms with Crippen LogP contribution in [0, 0.1) is 13.8 Å². The van der Waals surface area contributed by atoms with Crippen molar-refractivity contribution in [3.63, 3.8) is 0 Å². The van der Waals surface area contributed by atoms with Gasteiger partial charge in [-0.2, -0.15) is 0 Å². The molecule has 0 aliphatic carbocycles. The number of rotatable bonds is 14. The van der Waals surface area contributed by atoms with Gasteiger partial charge in [-0.15, -0.1) is 0 Å². The summed E-state index contributed by atoms with van der Waals surface area (Å²) in [6.45, 7) is 8.56. The van der Waals surface area contributed by atoms with Gasteiger partial charge in [0.05, 0.1) is 19.1 Å². The van der Waals surface area contributed by atoms with Gasteiger partial charge in [-0.25, -0.2) is 8.42 Å². The van der Waals surface area contributed by atoms with E-state index in [2.05, 4.69) is 5.32 Å². The second-order valence-electron chi connectivity index (χ2n) is 9.35. The molecule has 0 aromatic heterocycles. The second-order valence-corrected chi connectivity index (χ2v) is 11.3. The highest BCUT2D eigenvalue weighted by molar-refractivity contribution is 7.92. The standard InChI is InChI=1S/C28H41N3O5S/c1-7-8-17-29-28(33)23(4)30(20-24-13-10-14-25(19-24)36-5)27(32)16-11-18-31(37(6,34)35)26-15-9-12-21(2)22(26)3/h9-10,12-15,19,23H,7-8,11,16-18,20H2,1-6H3,(H,29,33). The number of nitrogens with one attached hydrogen (secondary N) is 1. The molecule has 0 radical (unpaired) electrons. The summed E-state index contributed by atoms with van der Waals surface area (Å²) in [4.78, 5) is 27.8. The number of carbonyl (C=O) groups excluding carboxylic acids is 2. The Bertz CT molecular complexity index is 1170. The van der Waals surface area contributed by atoms with Crippen LogP contribution in [0.3, 0.4) is 0 Å². The van der Waals surface area contributed by atoms with Crippen LogP contribution >= 0.6 is 0 Å². The zero-order valence-electron chi connectivity index (χ0n) is 22.9. The number of benzene rings is 2. The van der Waals surface area contributed by atoms with Crippen molar-refractivity contribution in [2.75, 3.05) is 30.8 Å². The molecule has 9 heteroatoms. The van der Waals surface area contributed by atoms with Crippen LogP contribution < -0.4 is 14.4 Å². The van der Waals surface area contributed by atoms with Crippen molar-refractivity contribution >= 4 is 27.5 Å². The van der Waals surface area contributed by atoms with E-state index in [-0.39, 0.29) is 31.3 Å². The van der Waals surface area contributed by atoms with Crippen molar-refractivity contribution in [1.82, 2.24) is 10.2 Å². The molecule has 0 bridgehead atoms. The smallest absolute Gasteiger partial charge is 0.242 e. The summed E-state index contributed by atoms with van der Waals surface area (Å²) >= 11 is 0. The third-order valence-corrected chi connectivity index (χ3v) is 7.66. The van der Waals surface area contributed by atoms with Crippen LogP contribution in [0.2, 0.25) is 0 Å². The van der Waals surface area contributed by atoms with Crippen molar-refractivity contribution in [3.05, 3.63) is 59.2 Å². The number of unbranched alkanes of at least 4 members (excludes halogenated alkanes) is 1. The molecule has 0 saturated carbocycles. The van der Waals surface area contributed by atoms with Gasteiger partial charge >= 0.3 is 0 Å². The molecule has 8 nitrogen and oxygen atoms in total. The number of carbonyl (C=O) groups is 2. The maximum Gasteiger partial charge on any atom is 0.242 e. The van der Waals surface area contributed by atoms with Gasteiger partial charge < -0.3 is 15.0 Å². The van der Waals surface area contributed by atoms with E-state index in [0.29, 0.717) is 24.4 Å². The molecule has 2 rings (SSSR count). The average molecular weight is 532 g/mol. The molecule has 0 aliphatic rings. The van der Waals surface area contributed by atoms with Gasteiger partial charge in [-0.3, -0.25) is 13.9 Å². The van der Waals surface area contributed by atoms with Crippen LogP contribution in [0.15, 0.2) is 42.5 Å². The first kappa shape index (κ1) is 30.2. The fourth-order valence-electron chi connectivity index (χ4n) is 4.07. The second kappa shape index (κ2) is 14.0. The number of amides is 2. The average Bonchev–Trinajstić information content (AvgIpc) is 2.86. The Morgan fingerprint density at radius 3 is 2.43 bits per heavy atom. The van der Waals surface area contributed by atoms with Crippen molar-refractivity contribution in [2.45, 2.75) is 66.0 Å². The van der Waals surface area contributed by atoms with Crippen LogP contribution in [0.25, 0.3) is 0 Å². The number of sulfonamides is 1. The molecule has 0 fully saturated rings. The lowest BCUT2D eigenvalue weighted by Crippen LogP contribution is -2.48. The molecular formula is C28H41N3O5S. The van der Waals surface area contributed by atoms with Crippen LogP contribution in [0.5, 0.6) is 5.75 Å². The van der Waals surface area contributed by atoms with Crippen molar-refractivity contribution in [1.29, 1.82) is 0 Å². The molecule has 0 saturated heterocycles. The number of nitrogens with zero attached hydrogens (tertiary/aromatic N) is 2. The first-order chi connectivity index (χ1) is 17.5. The Balaban J connectivity index is 2.20. The highest BCUT2D eigenvalue weighted by atomic mass is 32.2. The first-order valence-corrected chi connectivity index (χ1v) is 14.6. The molecule has 1 atom stereocenters. The van der Waals surface area contributed by atoms with Crippen molar-refractivity contribution in [3.8, 4) is 5.75 Å². The number of aryl methyl sites for hydroxylation is 1. The van der Waals surface area contributed by atoms with E-state index in [0.717, 1.165) is 29.5 Å². The molecule has 0 heterocycles. The molecule has 37 heavy (non-hydrogen) atoms. The summed E-state index contributed by atoms with van der Waals surface area (Å²) in [5, 5.41) is 2.91. The topological polar surface area (TPSA) is 96.0 Å². The van der Waals surface area contributed by atoms with Gasteiger partial charge in [0.15, 0.2) is 0 Å². The molecule has 1 unspecified atom stereocenters. The SMILES string of the molecule is CCCCNC(=O)C(C)N(Cc1cccc(OC)c1)C(=O)CCCN(c1cccc(C)c1C)S(C)(=O)=O. The summed E-state index contributed by atoms with van der Waals surface area (Å²) < 4.78 is 31.9. The van der Waals surface area contributed by atoms with Crippen molar-refractivity contribution in [2.24, 2.45) is 0 Å². The van der Waals surface area contributed by atoms with Crippen molar-refractivity contribution < 1.29 is 22.7 Å². The van der Waals surface area contributed by atoms with Gasteiger partial charge in [-0.05, 0) is 68.5 Å². The number of ether oxygens (including phenoxy) is 1.